The number of benzene rings is 1. The molecule has 0 heterocycles. The molecule has 100 valence electrons. The Morgan fingerprint density at radius 1 is 1.17 bits per heavy atom. The van der Waals surface area contributed by atoms with Gasteiger partial charge in [0, 0.05) is 0 Å². The zero-order valence-electron chi connectivity index (χ0n) is 12.0. The van der Waals surface area contributed by atoms with Crippen molar-refractivity contribution in [1.29, 1.82) is 0 Å². The van der Waals surface area contributed by atoms with Crippen molar-refractivity contribution in [1.82, 2.24) is 5.32 Å². The Morgan fingerprint density at radius 3 is 2.22 bits per heavy atom. The second-order valence-electron chi connectivity index (χ2n) is 4.74. The van der Waals surface area contributed by atoms with Gasteiger partial charge < -0.3 is 10.1 Å². The molecule has 1 aromatic carbocycles. The summed E-state index contributed by atoms with van der Waals surface area (Å²) in [6.45, 7) is 9.69. The van der Waals surface area contributed by atoms with Crippen molar-refractivity contribution in [3.8, 4) is 0 Å². The van der Waals surface area contributed by atoms with E-state index < -0.39 is 0 Å². The summed E-state index contributed by atoms with van der Waals surface area (Å²) in [5, 5.41) is 3.10. The van der Waals surface area contributed by atoms with E-state index in [1.165, 1.54) is 34.9 Å². The van der Waals surface area contributed by atoms with Crippen LogP contribution < -0.4 is 5.32 Å². The molecule has 0 aliphatic rings. The number of carbonyl (C=O) groups is 1. The molecule has 0 spiro atoms. The molecule has 0 amide bonds. The molecule has 0 saturated carbocycles. The summed E-state index contributed by atoms with van der Waals surface area (Å²) in [7, 11) is 1.40. The molecule has 3 nitrogen and oxygen atoms in total. The van der Waals surface area contributed by atoms with Crippen LogP contribution in [0.5, 0.6) is 0 Å². The molecule has 18 heavy (non-hydrogen) atoms. The molecule has 0 radical (unpaired) electrons. The first-order valence-corrected chi connectivity index (χ1v) is 6.31. The minimum Gasteiger partial charge on any atom is -0.468 e. The van der Waals surface area contributed by atoms with E-state index in [1.54, 1.807) is 0 Å². The first kappa shape index (κ1) is 14.7. The van der Waals surface area contributed by atoms with Gasteiger partial charge in [-0.15, -0.1) is 0 Å². The van der Waals surface area contributed by atoms with Crippen LogP contribution in [-0.2, 0) is 16.0 Å². The molecule has 0 aliphatic carbocycles. The lowest BCUT2D eigenvalue weighted by molar-refractivity contribution is -0.139. The van der Waals surface area contributed by atoms with E-state index in [2.05, 4.69) is 43.8 Å². The summed E-state index contributed by atoms with van der Waals surface area (Å²) in [6.07, 6.45) is 0.942. The number of hydrogen-bond acceptors (Lipinski definition) is 3. The first-order chi connectivity index (χ1) is 8.47. The summed E-state index contributed by atoms with van der Waals surface area (Å²) in [5.41, 5.74) is 6.78. The summed E-state index contributed by atoms with van der Waals surface area (Å²) in [5.74, 6) is -0.219. The van der Waals surface area contributed by atoms with Gasteiger partial charge in [0.2, 0.25) is 0 Å². The number of methoxy groups -OCH3 is 1. The van der Waals surface area contributed by atoms with Gasteiger partial charge in [-0.2, -0.15) is 0 Å². The zero-order valence-corrected chi connectivity index (χ0v) is 12.0. The molecule has 0 aromatic heterocycles. The highest BCUT2D eigenvalue weighted by molar-refractivity contribution is 5.71. The molecule has 1 aromatic rings. The van der Waals surface area contributed by atoms with Crippen molar-refractivity contribution < 1.29 is 9.53 Å². The minimum absolute atomic E-state index is 0.219. The van der Waals surface area contributed by atoms with Crippen LogP contribution in [0.4, 0.5) is 0 Å². The lowest BCUT2D eigenvalue weighted by atomic mass is 9.92. The maximum Gasteiger partial charge on any atom is 0.319 e. The fraction of sp³-hybridized carbons (Fsp3) is 0.533. The van der Waals surface area contributed by atoms with Gasteiger partial charge in [0.1, 0.15) is 0 Å². The van der Waals surface area contributed by atoms with Crippen LogP contribution in [-0.4, -0.2) is 26.2 Å². The van der Waals surface area contributed by atoms with Crippen molar-refractivity contribution in [2.45, 2.75) is 34.1 Å². The fourth-order valence-corrected chi connectivity index (χ4v) is 2.15. The molecule has 0 unspecified atom stereocenters. The van der Waals surface area contributed by atoms with E-state index >= 15 is 0 Å². The topological polar surface area (TPSA) is 38.3 Å². The van der Waals surface area contributed by atoms with E-state index in [-0.39, 0.29) is 12.5 Å². The summed E-state index contributed by atoms with van der Waals surface area (Å²) >= 11 is 0. The van der Waals surface area contributed by atoms with Gasteiger partial charge in [-0.1, -0.05) is 6.07 Å². The highest BCUT2D eigenvalue weighted by atomic mass is 16.5. The van der Waals surface area contributed by atoms with Crippen LogP contribution in [0.2, 0.25) is 0 Å². The SMILES string of the molecule is COC(=O)CNCCc1c(C)c(C)cc(C)c1C. The number of aryl methyl sites for hydroxylation is 2. The standard InChI is InChI=1S/C15H23NO2/c1-10-8-11(2)13(4)14(12(10)3)6-7-16-9-15(17)18-5/h8,16H,6-7,9H2,1-5H3. The predicted molar refractivity (Wildman–Crippen MR) is 74.0 cm³/mol. The predicted octanol–water partition coefficient (Wildman–Crippen LogP) is 2.23. The molecule has 0 bridgehead atoms. The smallest absolute Gasteiger partial charge is 0.319 e. The van der Waals surface area contributed by atoms with Gasteiger partial charge in [0.25, 0.3) is 0 Å². The number of rotatable bonds is 5. The lowest BCUT2D eigenvalue weighted by Gasteiger charge is -2.15. The third-order valence-corrected chi connectivity index (χ3v) is 3.57. The molecule has 1 rings (SSSR count). The molecular weight excluding hydrogens is 226 g/mol. The maximum atomic E-state index is 11.0. The monoisotopic (exact) mass is 249 g/mol. The molecule has 0 aliphatic heterocycles. The van der Waals surface area contributed by atoms with Gasteiger partial charge in [0.05, 0.1) is 13.7 Å². The molecule has 1 N–H and O–H groups in total. The van der Waals surface area contributed by atoms with E-state index in [9.17, 15) is 4.79 Å². The van der Waals surface area contributed by atoms with E-state index in [1.807, 2.05) is 0 Å². The molecule has 0 saturated heterocycles. The second-order valence-corrected chi connectivity index (χ2v) is 4.74. The molecule has 0 atom stereocenters. The Balaban J connectivity index is 2.65. The van der Waals surface area contributed by atoms with Crippen LogP contribution in [0.1, 0.15) is 27.8 Å². The Labute approximate surface area is 110 Å². The van der Waals surface area contributed by atoms with Crippen LogP contribution >= 0.6 is 0 Å². The van der Waals surface area contributed by atoms with Crippen molar-refractivity contribution in [2.75, 3.05) is 20.2 Å². The van der Waals surface area contributed by atoms with Crippen molar-refractivity contribution >= 4 is 5.97 Å². The van der Waals surface area contributed by atoms with Gasteiger partial charge in [0.15, 0.2) is 0 Å². The summed E-state index contributed by atoms with van der Waals surface area (Å²) in [4.78, 5) is 11.0. The van der Waals surface area contributed by atoms with Crippen LogP contribution in [0.3, 0.4) is 0 Å². The Bertz CT molecular complexity index is 412. The van der Waals surface area contributed by atoms with Crippen LogP contribution in [0, 0.1) is 27.7 Å². The normalized spacial score (nSPS) is 10.5. The van der Waals surface area contributed by atoms with Crippen LogP contribution in [0.25, 0.3) is 0 Å². The molecular formula is C15H23NO2. The zero-order chi connectivity index (χ0) is 13.7. The lowest BCUT2D eigenvalue weighted by Crippen LogP contribution is -2.26. The van der Waals surface area contributed by atoms with E-state index in [4.69, 9.17) is 0 Å². The minimum atomic E-state index is -0.219. The maximum absolute atomic E-state index is 11.0. The number of nitrogens with one attached hydrogen (secondary N) is 1. The van der Waals surface area contributed by atoms with E-state index in [0.717, 1.165) is 13.0 Å². The number of esters is 1. The average Bonchev–Trinajstić information content (AvgIpc) is 2.35. The van der Waals surface area contributed by atoms with E-state index in [0.29, 0.717) is 0 Å². The Morgan fingerprint density at radius 2 is 1.72 bits per heavy atom. The second kappa shape index (κ2) is 6.55. The molecule has 3 heteroatoms. The fourth-order valence-electron chi connectivity index (χ4n) is 2.15. The number of ether oxygens (including phenoxy) is 1. The van der Waals surface area contributed by atoms with Gasteiger partial charge in [-0.3, -0.25) is 4.79 Å². The van der Waals surface area contributed by atoms with Crippen molar-refractivity contribution in [2.24, 2.45) is 0 Å². The van der Waals surface area contributed by atoms with Crippen molar-refractivity contribution in [3.63, 3.8) is 0 Å². The summed E-state index contributed by atoms with van der Waals surface area (Å²) in [6, 6.07) is 2.23. The average molecular weight is 249 g/mol. The van der Waals surface area contributed by atoms with Crippen LogP contribution in [0.15, 0.2) is 6.07 Å². The quantitative estimate of drug-likeness (QED) is 0.642. The summed E-state index contributed by atoms with van der Waals surface area (Å²) < 4.78 is 4.59. The number of hydrogen-bond donors (Lipinski definition) is 1. The first-order valence-electron chi connectivity index (χ1n) is 6.31. The van der Waals surface area contributed by atoms with Gasteiger partial charge in [-0.05, 0) is 68.5 Å². The largest absolute Gasteiger partial charge is 0.468 e. The number of carbonyl (C=O) groups excluding carboxylic acids is 1. The third kappa shape index (κ3) is 3.57. The Kier molecular flexibility index (Phi) is 5.35. The van der Waals surface area contributed by atoms with Crippen molar-refractivity contribution in [3.05, 3.63) is 33.9 Å². The molecule has 0 fully saturated rings. The van der Waals surface area contributed by atoms with Gasteiger partial charge >= 0.3 is 5.97 Å². The highest BCUT2D eigenvalue weighted by Gasteiger charge is 2.08. The third-order valence-electron chi connectivity index (χ3n) is 3.57. The Hall–Kier alpha value is -1.35. The van der Waals surface area contributed by atoms with Gasteiger partial charge in [-0.25, -0.2) is 0 Å². The highest BCUT2D eigenvalue weighted by Crippen LogP contribution is 2.21.